The van der Waals surface area contributed by atoms with Gasteiger partial charge < -0.3 is 11.1 Å². The quantitative estimate of drug-likeness (QED) is 0.511. The molecule has 0 saturated carbocycles. The maximum atomic E-state index is 10.9. The largest absolute Gasteiger partial charge is 0.399 e. The van der Waals surface area contributed by atoms with Crippen molar-refractivity contribution in [2.24, 2.45) is 0 Å². The third-order valence-electron chi connectivity index (χ3n) is 3.73. The summed E-state index contributed by atoms with van der Waals surface area (Å²) < 4.78 is 0. The fourth-order valence-electron chi connectivity index (χ4n) is 2.73. The summed E-state index contributed by atoms with van der Waals surface area (Å²) in [6.07, 6.45) is 1.89. The molecule has 0 aromatic heterocycles. The molecule has 1 atom stereocenters. The Kier molecular flexibility index (Phi) is 3.43. The number of nitrogen functional groups attached to an aromatic ring is 1. The second-order valence-corrected chi connectivity index (χ2v) is 5.52. The predicted molar refractivity (Wildman–Crippen MR) is 83.6 cm³/mol. The number of nitrogens with two attached hydrogens (primary N) is 1. The van der Waals surface area contributed by atoms with Crippen molar-refractivity contribution >= 4 is 28.7 Å². The van der Waals surface area contributed by atoms with E-state index in [1.165, 1.54) is 17.2 Å². The van der Waals surface area contributed by atoms with E-state index in [1.54, 1.807) is 12.1 Å². The summed E-state index contributed by atoms with van der Waals surface area (Å²) in [6, 6.07) is 10.8. The molecule has 6 heteroatoms. The van der Waals surface area contributed by atoms with Crippen molar-refractivity contribution in [1.29, 1.82) is 0 Å². The summed E-state index contributed by atoms with van der Waals surface area (Å²) in [7, 11) is 0. The van der Waals surface area contributed by atoms with E-state index in [9.17, 15) is 10.1 Å². The van der Waals surface area contributed by atoms with Crippen molar-refractivity contribution in [2.75, 3.05) is 11.1 Å². The van der Waals surface area contributed by atoms with Crippen LogP contribution in [-0.2, 0) is 6.42 Å². The van der Waals surface area contributed by atoms with Crippen LogP contribution in [0.2, 0.25) is 5.02 Å². The van der Waals surface area contributed by atoms with Crippen molar-refractivity contribution in [3.8, 4) is 0 Å². The molecule has 2 aromatic carbocycles. The Balaban J connectivity index is 1.86. The number of rotatable bonds is 3. The van der Waals surface area contributed by atoms with Crippen LogP contribution in [0, 0.1) is 10.1 Å². The lowest BCUT2D eigenvalue weighted by molar-refractivity contribution is -0.384. The number of hydrogen-bond acceptors (Lipinski definition) is 4. The molecule has 0 radical (unpaired) electrons. The van der Waals surface area contributed by atoms with Gasteiger partial charge in [0.2, 0.25) is 0 Å². The number of hydrogen-bond donors (Lipinski definition) is 2. The first-order chi connectivity index (χ1) is 10.0. The molecule has 3 rings (SSSR count). The second-order valence-electron chi connectivity index (χ2n) is 5.12. The minimum absolute atomic E-state index is 0.0859. The van der Waals surface area contributed by atoms with Crippen LogP contribution >= 0.6 is 11.6 Å². The molecule has 1 aliphatic carbocycles. The molecule has 108 valence electrons. The first-order valence-electron chi connectivity index (χ1n) is 6.63. The molecule has 0 fully saturated rings. The Morgan fingerprint density at radius 3 is 2.86 bits per heavy atom. The zero-order valence-electron chi connectivity index (χ0n) is 11.2. The number of nitrogens with one attached hydrogen (secondary N) is 1. The van der Waals surface area contributed by atoms with Crippen molar-refractivity contribution in [3.05, 3.63) is 62.7 Å². The van der Waals surface area contributed by atoms with Gasteiger partial charge >= 0.3 is 0 Å². The smallest absolute Gasteiger partial charge is 0.289 e. The number of benzene rings is 2. The average molecular weight is 304 g/mol. The van der Waals surface area contributed by atoms with Crippen molar-refractivity contribution in [2.45, 2.75) is 18.9 Å². The molecule has 0 spiro atoms. The maximum Gasteiger partial charge on any atom is 0.289 e. The summed E-state index contributed by atoms with van der Waals surface area (Å²) >= 11 is 5.82. The summed E-state index contributed by atoms with van der Waals surface area (Å²) in [6.45, 7) is 0. The highest BCUT2D eigenvalue weighted by Gasteiger charge is 2.23. The van der Waals surface area contributed by atoms with Crippen LogP contribution in [0.3, 0.4) is 0 Å². The number of fused-ring (bicyclic) bond motifs is 1. The molecule has 0 amide bonds. The Bertz CT molecular complexity index is 718. The van der Waals surface area contributed by atoms with Gasteiger partial charge in [0.1, 0.15) is 5.02 Å². The predicted octanol–water partition coefficient (Wildman–Crippen LogP) is 3.93. The van der Waals surface area contributed by atoms with E-state index in [-0.39, 0.29) is 16.8 Å². The van der Waals surface area contributed by atoms with E-state index < -0.39 is 4.92 Å². The average Bonchev–Trinajstić information content (AvgIpc) is 2.83. The minimum Gasteiger partial charge on any atom is -0.399 e. The first kappa shape index (κ1) is 13.7. The summed E-state index contributed by atoms with van der Waals surface area (Å²) in [5, 5.41) is 14.4. The Labute approximate surface area is 126 Å². The molecular weight excluding hydrogens is 290 g/mol. The lowest BCUT2D eigenvalue weighted by Gasteiger charge is -2.15. The summed E-state index contributed by atoms with van der Waals surface area (Å²) in [5.74, 6) is 0. The highest BCUT2D eigenvalue weighted by Crippen LogP contribution is 2.36. The van der Waals surface area contributed by atoms with Gasteiger partial charge in [0.15, 0.2) is 0 Å². The molecule has 2 aromatic rings. The number of anilines is 2. The number of nitro benzene ring substituents is 1. The van der Waals surface area contributed by atoms with Crippen LogP contribution in [0.25, 0.3) is 0 Å². The molecule has 0 bridgehead atoms. The van der Waals surface area contributed by atoms with Gasteiger partial charge in [0, 0.05) is 17.4 Å². The van der Waals surface area contributed by atoms with E-state index >= 15 is 0 Å². The van der Waals surface area contributed by atoms with Gasteiger partial charge in [0.25, 0.3) is 5.69 Å². The van der Waals surface area contributed by atoms with Gasteiger partial charge in [-0.3, -0.25) is 10.1 Å². The molecule has 1 aliphatic rings. The van der Waals surface area contributed by atoms with Crippen molar-refractivity contribution in [3.63, 3.8) is 0 Å². The van der Waals surface area contributed by atoms with E-state index in [4.69, 9.17) is 17.3 Å². The Morgan fingerprint density at radius 2 is 2.10 bits per heavy atom. The first-order valence-corrected chi connectivity index (χ1v) is 7.01. The zero-order valence-corrected chi connectivity index (χ0v) is 11.9. The normalized spacial score (nSPS) is 16.5. The molecule has 0 aliphatic heterocycles. The van der Waals surface area contributed by atoms with Crippen LogP contribution in [0.5, 0.6) is 0 Å². The van der Waals surface area contributed by atoms with E-state index in [2.05, 4.69) is 5.32 Å². The van der Waals surface area contributed by atoms with Gasteiger partial charge in [-0.1, -0.05) is 17.7 Å². The topological polar surface area (TPSA) is 81.2 Å². The lowest BCUT2D eigenvalue weighted by Crippen LogP contribution is -2.07. The molecule has 0 saturated heterocycles. The highest BCUT2D eigenvalue weighted by molar-refractivity contribution is 6.32. The Morgan fingerprint density at radius 1 is 1.29 bits per heavy atom. The number of nitrogens with zero attached hydrogens (tertiary/aromatic N) is 1. The minimum atomic E-state index is -0.475. The summed E-state index contributed by atoms with van der Waals surface area (Å²) in [4.78, 5) is 10.5. The van der Waals surface area contributed by atoms with Gasteiger partial charge in [-0.2, -0.15) is 0 Å². The monoisotopic (exact) mass is 303 g/mol. The number of aryl methyl sites for hydroxylation is 1. The molecule has 0 heterocycles. The van der Waals surface area contributed by atoms with Crippen molar-refractivity contribution in [1.82, 2.24) is 0 Å². The highest BCUT2D eigenvalue weighted by atomic mass is 35.5. The van der Waals surface area contributed by atoms with Gasteiger partial charge in [-0.15, -0.1) is 0 Å². The zero-order chi connectivity index (χ0) is 15.0. The standard InChI is InChI=1S/C15H14ClN3O2/c16-13-5-3-11(8-15(13)19(20)21)18-14-6-1-9-7-10(17)2-4-12(9)14/h2-5,7-8,14,18H,1,6,17H2. The fourth-order valence-corrected chi connectivity index (χ4v) is 2.92. The number of nitro groups is 1. The van der Waals surface area contributed by atoms with Crippen LogP contribution in [0.1, 0.15) is 23.6 Å². The second kappa shape index (κ2) is 5.26. The molecule has 1 unspecified atom stereocenters. The Hall–Kier alpha value is -2.27. The van der Waals surface area contributed by atoms with E-state index in [1.807, 2.05) is 18.2 Å². The van der Waals surface area contributed by atoms with Crippen LogP contribution in [0.4, 0.5) is 17.1 Å². The summed E-state index contributed by atoms with van der Waals surface area (Å²) in [5.41, 5.74) is 9.59. The fraction of sp³-hybridized carbons (Fsp3) is 0.200. The molecular formula is C15H14ClN3O2. The number of halogens is 1. The van der Waals surface area contributed by atoms with Gasteiger partial charge in [0.05, 0.1) is 11.0 Å². The van der Waals surface area contributed by atoms with E-state index in [0.717, 1.165) is 18.5 Å². The van der Waals surface area contributed by atoms with Crippen LogP contribution in [0.15, 0.2) is 36.4 Å². The lowest BCUT2D eigenvalue weighted by atomic mass is 10.1. The SMILES string of the molecule is Nc1ccc2c(c1)CCC2Nc1ccc(Cl)c([N+](=O)[O-])c1. The van der Waals surface area contributed by atoms with Crippen molar-refractivity contribution < 1.29 is 4.92 Å². The maximum absolute atomic E-state index is 10.9. The molecule has 5 nitrogen and oxygen atoms in total. The molecule has 21 heavy (non-hydrogen) atoms. The van der Waals surface area contributed by atoms with Crippen LogP contribution in [-0.4, -0.2) is 4.92 Å². The third kappa shape index (κ3) is 2.64. The van der Waals surface area contributed by atoms with Gasteiger partial charge in [-0.05, 0) is 48.2 Å². The van der Waals surface area contributed by atoms with Crippen LogP contribution < -0.4 is 11.1 Å². The molecule has 3 N–H and O–H groups in total. The third-order valence-corrected chi connectivity index (χ3v) is 4.05. The van der Waals surface area contributed by atoms with Gasteiger partial charge in [-0.25, -0.2) is 0 Å². The van der Waals surface area contributed by atoms with E-state index in [0.29, 0.717) is 5.69 Å².